The van der Waals surface area contributed by atoms with Crippen LogP contribution in [0.1, 0.15) is 33.6 Å². The molecule has 1 aromatic heterocycles. The normalized spacial score (nSPS) is 12.8. The largest absolute Gasteiger partial charge is 0.330 e. The van der Waals surface area contributed by atoms with Gasteiger partial charge in [0.15, 0.2) is 0 Å². The molecule has 1 rings (SSSR count). The minimum atomic E-state index is -3.47. The maximum Gasteiger partial charge on any atom is 0.243 e. The molecule has 0 unspecified atom stereocenters. The molecule has 0 radical (unpaired) electrons. The monoisotopic (exact) mass is 288 g/mol. The maximum absolute atomic E-state index is 12.1. The third-order valence-electron chi connectivity index (χ3n) is 3.21. The molecule has 0 amide bonds. The van der Waals surface area contributed by atoms with Crippen molar-refractivity contribution in [3.63, 3.8) is 0 Å². The van der Waals surface area contributed by atoms with Crippen LogP contribution in [0.4, 0.5) is 0 Å². The number of aryl methyl sites for hydroxylation is 1. The summed E-state index contributed by atoms with van der Waals surface area (Å²) in [5.74, 6) is 0. The predicted octanol–water partition coefficient (Wildman–Crippen LogP) is 0.946. The van der Waals surface area contributed by atoms with Crippen LogP contribution in [0.5, 0.6) is 0 Å². The summed E-state index contributed by atoms with van der Waals surface area (Å²) in [7, 11) is -3.47. The summed E-state index contributed by atoms with van der Waals surface area (Å²) in [6.45, 7) is 7.71. The molecule has 0 aliphatic carbocycles. The molecule has 0 spiro atoms. The molecule has 0 aliphatic rings. The van der Waals surface area contributed by atoms with Crippen molar-refractivity contribution in [3.05, 3.63) is 12.4 Å². The number of sulfonamides is 1. The Morgan fingerprint density at radius 3 is 2.74 bits per heavy atom. The number of nitrogens with one attached hydrogen (secondary N) is 1. The molecule has 7 heteroatoms. The lowest BCUT2D eigenvalue weighted by atomic mass is 9.91. The second kappa shape index (κ2) is 6.49. The van der Waals surface area contributed by atoms with Gasteiger partial charge in [0, 0.05) is 19.3 Å². The van der Waals surface area contributed by atoms with Gasteiger partial charge < -0.3 is 5.73 Å². The van der Waals surface area contributed by atoms with Gasteiger partial charge in [-0.15, -0.1) is 0 Å². The minimum absolute atomic E-state index is 0.0530. The first-order chi connectivity index (χ1) is 8.80. The van der Waals surface area contributed by atoms with Crippen LogP contribution in [0.15, 0.2) is 17.3 Å². The van der Waals surface area contributed by atoms with Crippen LogP contribution in [0.3, 0.4) is 0 Å². The molecule has 0 fully saturated rings. The fourth-order valence-electron chi connectivity index (χ4n) is 1.36. The highest BCUT2D eigenvalue weighted by Crippen LogP contribution is 2.19. The molecule has 110 valence electrons. The topological polar surface area (TPSA) is 90.0 Å². The second-order valence-corrected chi connectivity index (χ2v) is 7.19. The Labute approximate surface area is 115 Å². The lowest BCUT2D eigenvalue weighted by Crippen LogP contribution is -2.33. The van der Waals surface area contributed by atoms with Crippen molar-refractivity contribution < 1.29 is 8.42 Å². The van der Waals surface area contributed by atoms with Gasteiger partial charge in [-0.2, -0.15) is 5.10 Å². The molecular formula is C12H24N4O2S. The Morgan fingerprint density at radius 2 is 2.16 bits per heavy atom. The van der Waals surface area contributed by atoms with E-state index in [0.717, 1.165) is 12.8 Å². The number of rotatable bonds is 8. The summed E-state index contributed by atoms with van der Waals surface area (Å²) in [4.78, 5) is 0.205. The molecule has 0 atom stereocenters. The summed E-state index contributed by atoms with van der Waals surface area (Å²) >= 11 is 0. The molecule has 0 aliphatic heterocycles. The van der Waals surface area contributed by atoms with E-state index in [0.29, 0.717) is 19.6 Å². The van der Waals surface area contributed by atoms with Crippen LogP contribution in [0, 0.1) is 5.41 Å². The number of nitrogens with zero attached hydrogens (tertiary/aromatic N) is 2. The zero-order chi connectivity index (χ0) is 14.5. The molecule has 3 N–H and O–H groups in total. The summed E-state index contributed by atoms with van der Waals surface area (Å²) in [6, 6.07) is 0. The average molecular weight is 288 g/mol. The molecule has 19 heavy (non-hydrogen) atoms. The highest BCUT2D eigenvalue weighted by molar-refractivity contribution is 7.89. The van der Waals surface area contributed by atoms with Crippen LogP contribution < -0.4 is 10.5 Å². The molecule has 0 aromatic carbocycles. The van der Waals surface area contributed by atoms with Crippen molar-refractivity contribution in [3.8, 4) is 0 Å². The summed E-state index contributed by atoms with van der Waals surface area (Å²) in [5.41, 5.74) is 5.36. The van der Waals surface area contributed by atoms with E-state index in [4.69, 9.17) is 5.73 Å². The van der Waals surface area contributed by atoms with Gasteiger partial charge in [0.1, 0.15) is 4.90 Å². The first kappa shape index (κ1) is 16.1. The van der Waals surface area contributed by atoms with Gasteiger partial charge in [-0.3, -0.25) is 4.68 Å². The van der Waals surface area contributed by atoms with Crippen LogP contribution in [0.25, 0.3) is 0 Å². The van der Waals surface area contributed by atoms with E-state index in [1.165, 1.54) is 12.4 Å². The number of hydrogen-bond donors (Lipinski definition) is 2. The predicted molar refractivity (Wildman–Crippen MR) is 75.2 cm³/mol. The van der Waals surface area contributed by atoms with Gasteiger partial charge in [-0.05, 0) is 24.8 Å². The van der Waals surface area contributed by atoms with Gasteiger partial charge >= 0.3 is 0 Å². The number of hydrogen-bond acceptors (Lipinski definition) is 4. The summed E-state index contributed by atoms with van der Waals surface area (Å²) in [6.07, 6.45) is 4.59. The van der Waals surface area contributed by atoms with Crippen molar-refractivity contribution in [2.24, 2.45) is 11.1 Å². The van der Waals surface area contributed by atoms with Gasteiger partial charge in [0.25, 0.3) is 0 Å². The lowest BCUT2D eigenvalue weighted by molar-refractivity contribution is 0.350. The third kappa shape index (κ3) is 4.93. The minimum Gasteiger partial charge on any atom is -0.330 e. The van der Waals surface area contributed by atoms with Crippen molar-refractivity contribution in [2.75, 3.05) is 13.1 Å². The van der Waals surface area contributed by atoms with E-state index in [2.05, 4.69) is 9.82 Å². The number of aromatic nitrogens is 2. The zero-order valence-electron chi connectivity index (χ0n) is 11.9. The Hall–Kier alpha value is -0.920. The smallest absolute Gasteiger partial charge is 0.243 e. The Morgan fingerprint density at radius 1 is 1.47 bits per heavy atom. The SMILES string of the molecule is CCC(C)(C)CNS(=O)(=O)c1cnn(CCCN)c1. The zero-order valence-corrected chi connectivity index (χ0v) is 12.7. The Kier molecular flexibility index (Phi) is 5.51. The molecule has 6 nitrogen and oxygen atoms in total. The van der Waals surface area contributed by atoms with Crippen molar-refractivity contribution >= 4 is 10.0 Å². The van der Waals surface area contributed by atoms with Crippen LogP contribution >= 0.6 is 0 Å². The van der Waals surface area contributed by atoms with Crippen LogP contribution in [-0.2, 0) is 16.6 Å². The van der Waals surface area contributed by atoms with Crippen molar-refractivity contribution in [2.45, 2.75) is 45.1 Å². The van der Waals surface area contributed by atoms with Gasteiger partial charge in [0.2, 0.25) is 10.0 Å². The van der Waals surface area contributed by atoms with Gasteiger partial charge in [-0.1, -0.05) is 20.8 Å². The standard InChI is InChI=1S/C12H24N4O2S/c1-4-12(2,3)10-15-19(17,18)11-8-14-16(9-11)7-5-6-13/h8-9,15H,4-7,10,13H2,1-3H3. The van der Waals surface area contributed by atoms with Gasteiger partial charge in [0.05, 0.1) is 6.20 Å². The molecule has 1 aromatic rings. The third-order valence-corrected chi connectivity index (χ3v) is 4.56. The maximum atomic E-state index is 12.1. The molecule has 0 bridgehead atoms. The molecule has 1 heterocycles. The van der Waals surface area contributed by atoms with E-state index < -0.39 is 10.0 Å². The fourth-order valence-corrected chi connectivity index (χ4v) is 2.55. The number of nitrogens with two attached hydrogens (primary N) is 1. The van der Waals surface area contributed by atoms with Crippen molar-refractivity contribution in [1.29, 1.82) is 0 Å². The van der Waals surface area contributed by atoms with Crippen molar-refractivity contribution in [1.82, 2.24) is 14.5 Å². The summed E-state index contributed by atoms with van der Waals surface area (Å²) < 4.78 is 28.4. The molecular weight excluding hydrogens is 264 g/mol. The second-order valence-electron chi connectivity index (χ2n) is 5.42. The first-order valence-electron chi connectivity index (χ1n) is 6.53. The Balaban J connectivity index is 2.69. The van der Waals surface area contributed by atoms with Crippen LogP contribution in [-0.4, -0.2) is 31.3 Å². The highest BCUT2D eigenvalue weighted by atomic mass is 32.2. The average Bonchev–Trinajstić information content (AvgIpc) is 2.84. The Bertz CT molecular complexity index is 494. The fraction of sp³-hybridized carbons (Fsp3) is 0.750. The van der Waals surface area contributed by atoms with E-state index >= 15 is 0 Å². The van der Waals surface area contributed by atoms with E-state index in [1.54, 1.807) is 4.68 Å². The molecule has 0 saturated carbocycles. The van der Waals surface area contributed by atoms with Crippen LogP contribution in [0.2, 0.25) is 0 Å². The lowest BCUT2D eigenvalue weighted by Gasteiger charge is -2.22. The van der Waals surface area contributed by atoms with E-state index in [-0.39, 0.29) is 10.3 Å². The van der Waals surface area contributed by atoms with E-state index in [1.807, 2.05) is 20.8 Å². The summed E-state index contributed by atoms with van der Waals surface area (Å²) in [5, 5.41) is 4.03. The molecule has 0 saturated heterocycles. The quantitative estimate of drug-likeness (QED) is 0.745. The van der Waals surface area contributed by atoms with Gasteiger partial charge in [-0.25, -0.2) is 13.1 Å². The van der Waals surface area contributed by atoms with E-state index in [9.17, 15) is 8.42 Å². The first-order valence-corrected chi connectivity index (χ1v) is 8.01. The highest BCUT2D eigenvalue weighted by Gasteiger charge is 2.21.